The van der Waals surface area contributed by atoms with Crippen molar-refractivity contribution in [2.45, 2.75) is 26.1 Å². The summed E-state index contributed by atoms with van der Waals surface area (Å²) in [5.74, 6) is 1.03. The van der Waals surface area contributed by atoms with Crippen LogP contribution >= 0.6 is 0 Å². The Bertz CT molecular complexity index is 349. The highest BCUT2D eigenvalue weighted by atomic mass is 16.5. The molecule has 0 saturated heterocycles. The second-order valence-corrected chi connectivity index (χ2v) is 3.50. The molecule has 1 N–H and O–H groups in total. The molecular weight excluding hydrogens is 178 g/mol. The number of Topliss-reactive ketones (excluding diaryl/α,β-unsaturated/α-hetero) is 1. The number of benzene rings is 1. The summed E-state index contributed by atoms with van der Waals surface area (Å²) in [5.41, 5.74) is 1.15. The third-order valence-electron chi connectivity index (χ3n) is 2.23. The van der Waals surface area contributed by atoms with Crippen LogP contribution in [0.3, 0.4) is 0 Å². The second kappa shape index (κ2) is 3.80. The van der Waals surface area contributed by atoms with E-state index in [1.165, 1.54) is 0 Å². The fourth-order valence-electron chi connectivity index (χ4n) is 1.56. The van der Waals surface area contributed by atoms with Gasteiger partial charge in [-0.2, -0.15) is 0 Å². The normalized spacial score (nSPS) is 19.6. The van der Waals surface area contributed by atoms with Gasteiger partial charge in [0.2, 0.25) is 0 Å². The smallest absolute Gasteiger partial charge is 0.157 e. The van der Waals surface area contributed by atoms with Crippen LogP contribution in [0.25, 0.3) is 0 Å². The van der Waals surface area contributed by atoms with Gasteiger partial charge in [-0.3, -0.25) is 10.1 Å². The molecule has 0 radical (unpaired) electrons. The van der Waals surface area contributed by atoms with Crippen LogP contribution in [0.2, 0.25) is 0 Å². The lowest BCUT2D eigenvalue weighted by molar-refractivity contribution is -0.119. The molecule has 0 aromatic heterocycles. The minimum atomic E-state index is -0.164. The summed E-state index contributed by atoms with van der Waals surface area (Å²) in [7, 11) is 0. The highest BCUT2D eigenvalue weighted by Gasteiger charge is 2.19. The van der Waals surface area contributed by atoms with Crippen LogP contribution in [0.4, 0.5) is 0 Å². The number of para-hydroxylation sites is 1. The van der Waals surface area contributed by atoms with E-state index in [1.54, 1.807) is 6.92 Å². The zero-order valence-corrected chi connectivity index (χ0v) is 8.12. The lowest BCUT2D eigenvalue weighted by Crippen LogP contribution is -2.39. The molecule has 14 heavy (non-hydrogen) atoms. The van der Waals surface area contributed by atoms with Crippen LogP contribution in [0.5, 0.6) is 5.75 Å². The number of fused-ring (bicyclic) bond motifs is 1. The average molecular weight is 191 g/mol. The molecule has 1 aliphatic heterocycles. The number of rotatable bonds is 2. The van der Waals surface area contributed by atoms with Crippen molar-refractivity contribution in [2.75, 3.05) is 0 Å². The van der Waals surface area contributed by atoms with Crippen molar-refractivity contribution in [2.24, 2.45) is 0 Å². The number of hydrogen-bond donors (Lipinski definition) is 1. The fourth-order valence-corrected chi connectivity index (χ4v) is 1.56. The van der Waals surface area contributed by atoms with Gasteiger partial charge in [0.15, 0.2) is 6.23 Å². The van der Waals surface area contributed by atoms with E-state index < -0.39 is 0 Å². The monoisotopic (exact) mass is 191 g/mol. The molecule has 1 unspecified atom stereocenters. The van der Waals surface area contributed by atoms with Gasteiger partial charge >= 0.3 is 0 Å². The first-order valence-corrected chi connectivity index (χ1v) is 4.73. The molecule has 0 amide bonds. The number of hydrogen-bond acceptors (Lipinski definition) is 3. The summed E-state index contributed by atoms with van der Waals surface area (Å²) in [4.78, 5) is 10.9. The van der Waals surface area contributed by atoms with Gasteiger partial charge in [-0.1, -0.05) is 18.2 Å². The van der Waals surface area contributed by atoms with Gasteiger partial charge < -0.3 is 4.74 Å². The molecular formula is C11H13NO2. The molecule has 1 aromatic rings. The van der Waals surface area contributed by atoms with E-state index in [2.05, 4.69) is 5.32 Å². The first kappa shape index (κ1) is 9.21. The van der Waals surface area contributed by atoms with Gasteiger partial charge in [0, 0.05) is 12.1 Å². The lowest BCUT2D eigenvalue weighted by Gasteiger charge is -2.26. The SMILES string of the molecule is CC(=O)CC1NCc2ccccc2O1. The minimum absolute atomic E-state index is 0.141. The van der Waals surface area contributed by atoms with E-state index in [9.17, 15) is 4.79 Å². The highest BCUT2D eigenvalue weighted by molar-refractivity contribution is 5.76. The Hall–Kier alpha value is -1.35. The number of nitrogens with one attached hydrogen (secondary N) is 1. The molecule has 2 rings (SSSR count). The predicted molar refractivity (Wildman–Crippen MR) is 53.0 cm³/mol. The molecule has 1 heterocycles. The quantitative estimate of drug-likeness (QED) is 0.769. The van der Waals surface area contributed by atoms with Crippen molar-refractivity contribution in [3.8, 4) is 5.75 Å². The number of carbonyl (C=O) groups excluding carboxylic acids is 1. The maximum absolute atomic E-state index is 10.9. The molecule has 74 valence electrons. The molecule has 1 atom stereocenters. The molecule has 0 aliphatic carbocycles. The summed E-state index contributed by atoms with van der Waals surface area (Å²) < 4.78 is 5.61. The standard InChI is InChI=1S/C11H13NO2/c1-8(13)6-11-12-7-9-4-2-3-5-10(9)14-11/h2-5,11-12H,6-7H2,1H3. The topological polar surface area (TPSA) is 38.3 Å². The first-order valence-electron chi connectivity index (χ1n) is 4.73. The van der Waals surface area contributed by atoms with Crippen molar-refractivity contribution in [3.05, 3.63) is 29.8 Å². The summed E-state index contributed by atoms with van der Waals surface area (Å²) >= 11 is 0. The van der Waals surface area contributed by atoms with Crippen LogP contribution in [-0.4, -0.2) is 12.0 Å². The van der Waals surface area contributed by atoms with E-state index in [1.807, 2.05) is 24.3 Å². The Morgan fingerprint density at radius 1 is 1.57 bits per heavy atom. The average Bonchev–Trinajstić information content (AvgIpc) is 2.17. The van der Waals surface area contributed by atoms with Crippen LogP contribution in [-0.2, 0) is 11.3 Å². The lowest BCUT2D eigenvalue weighted by atomic mass is 10.1. The molecule has 3 nitrogen and oxygen atoms in total. The maximum Gasteiger partial charge on any atom is 0.157 e. The predicted octanol–water partition coefficient (Wildman–Crippen LogP) is 1.47. The largest absolute Gasteiger partial charge is 0.475 e. The van der Waals surface area contributed by atoms with E-state index in [4.69, 9.17) is 4.74 Å². The van der Waals surface area contributed by atoms with E-state index in [0.29, 0.717) is 6.42 Å². The fraction of sp³-hybridized carbons (Fsp3) is 0.364. The van der Waals surface area contributed by atoms with Crippen molar-refractivity contribution < 1.29 is 9.53 Å². The first-order chi connectivity index (χ1) is 6.75. The number of ketones is 1. The van der Waals surface area contributed by atoms with Gasteiger partial charge in [-0.05, 0) is 13.0 Å². The zero-order valence-electron chi connectivity index (χ0n) is 8.12. The summed E-state index contributed by atoms with van der Waals surface area (Å²) in [5, 5.41) is 3.16. The molecule has 0 saturated carbocycles. The number of ether oxygens (including phenoxy) is 1. The molecule has 3 heteroatoms. The van der Waals surface area contributed by atoms with Gasteiger partial charge in [-0.25, -0.2) is 0 Å². The Kier molecular flexibility index (Phi) is 2.50. The molecule has 0 bridgehead atoms. The van der Waals surface area contributed by atoms with Crippen molar-refractivity contribution in [3.63, 3.8) is 0 Å². The van der Waals surface area contributed by atoms with Crippen molar-refractivity contribution in [1.82, 2.24) is 5.32 Å². The van der Waals surface area contributed by atoms with Crippen LogP contribution in [0.15, 0.2) is 24.3 Å². The Morgan fingerprint density at radius 2 is 2.36 bits per heavy atom. The summed E-state index contributed by atoms with van der Waals surface area (Å²) in [6.07, 6.45) is 0.260. The van der Waals surface area contributed by atoms with Crippen molar-refractivity contribution in [1.29, 1.82) is 0 Å². The summed E-state index contributed by atoms with van der Waals surface area (Å²) in [6.45, 7) is 2.35. The molecule has 1 aromatic carbocycles. The highest BCUT2D eigenvalue weighted by Crippen LogP contribution is 2.23. The van der Waals surface area contributed by atoms with E-state index in [0.717, 1.165) is 17.9 Å². The number of carbonyl (C=O) groups is 1. The van der Waals surface area contributed by atoms with Crippen LogP contribution in [0, 0.1) is 0 Å². The third kappa shape index (κ3) is 1.93. The molecule has 0 fully saturated rings. The maximum atomic E-state index is 10.9. The van der Waals surface area contributed by atoms with Crippen LogP contribution < -0.4 is 10.1 Å². The summed E-state index contributed by atoms with van der Waals surface area (Å²) in [6, 6.07) is 7.87. The third-order valence-corrected chi connectivity index (χ3v) is 2.23. The zero-order chi connectivity index (χ0) is 9.97. The molecule has 1 aliphatic rings. The Morgan fingerprint density at radius 3 is 3.14 bits per heavy atom. The van der Waals surface area contributed by atoms with Gasteiger partial charge in [0.05, 0.1) is 6.42 Å². The van der Waals surface area contributed by atoms with Crippen molar-refractivity contribution >= 4 is 5.78 Å². The minimum Gasteiger partial charge on any atom is -0.475 e. The second-order valence-electron chi connectivity index (χ2n) is 3.50. The Labute approximate surface area is 83.1 Å². The Balaban J connectivity index is 2.09. The van der Waals surface area contributed by atoms with Gasteiger partial charge in [0.25, 0.3) is 0 Å². The molecule has 0 spiro atoms. The van der Waals surface area contributed by atoms with Crippen LogP contribution in [0.1, 0.15) is 18.9 Å². The van der Waals surface area contributed by atoms with Gasteiger partial charge in [-0.15, -0.1) is 0 Å². The van der Waals surface area contributed by atoms with Gasteiger partial charge in [0.1, 0.15) is 11.5 Å². The van der Waals surface area contributed by atoms with E-state index in [-0.39, 0.29) is 12.0 Å². The van der Waals surface area contributed by atoms with E-state index >= 15 is 0 Å².